The monoisotopic (exact) mass is 560 g/mol. The van der Waals surface area contributed by atoms with Crippen molar-refractivity contribution in [1.29, 1.82) is 0 Å². The van der Waals surface area contributed by atoms with Crippen LogP contribution in [-0.4, -0.2) is 72.3 Å². The second-order valence-electron chi connectivity index (χ2n) is 9.07. The number of nitrogens with zero attached hydrogens (tertiary/aromatic N) is 4. The van der Waals surface area contributed by atoms with Gasteiger partial charge in [-0.05, 0) is 32.9 Å². The van der Waals surface area contributed by atoms with Crippen LogP contribution in [-0.2, 0) is 23.4 Å². The van der Waals surface area contributed by atoms with Crippen LogP contribution >= 0.6 is 7.75 Å². The van der Waals surface area contributed by atoms with E-state index in [1.807, 2.05) is 0 Å². The average molecular weight is 561 g/mol. The number of hydrogen-bond donors (Lipinski definition) is 4. The molecule has 0 saturated carbocycles. The number of nitrogen functional groups attached to an aromatic ring is 1. The molecule has 4 rings (SSSR count). The Morgan fingerprint density at radius 2 is 2.00 bits per heavy atom. The number of aromatic nitrogens is 4. The van der Waals surface area contributed by atoms with Gasteiger partial charge >= 0.3 is 13.7 Å². The van der Waals surface area contributed by atoms with E-state index in [1.54, 1.807) is 32.0 Å². The Kier molecular flexibility index (Phi) is 8.22. The largest absolute Gasteiger partial charge is 0.462 e. The number of imidazole rings is 1. The Labute approximate surface area is 224 Å². The lowest BCUT2D eigenvalue weighted by Crippen LogP contribution is -2.46. The number of anilines is 1. The lowest BCUT2D eigenvalue weighted by molar-refractivity contribution is -0.149. The van der Waals surface area contributed by atoms with Gasteiger partial charge in [-0.3, -0.25) is 13.9 Å². The normalized spacial score (nSPS) is 25.2. The van der Waals surface area contributed by atoms with E-state index in [1.165, 1.54) is 36.3 Å². The highest BCUT2D eigenvalue weighted by Crippen LogP contribution is 2.48. The number of carbonyl (C=O) groups excluding carboxylic acids is 1. The van der Waals surface area contributed by atoms with Gasteiger partial charge in [0.25, 0.3) is 0 Å². The number of para-hydroxylation sites is 1. The van der Waals surface area contributed by atoms with Gasteiger partial charge in [0.1, 0.15) is 42.5 Å². The summed E-state index contributed by atoms with van der Waals surface area (Å²) in [7, 11) is -4.35. The molecule has 3 heterocycles. The van der Waals surface area contributed by atoms with E-state index in [2.05, 4.69) is 26.0 Å². The average Bonchev–Trinajstić information content (AvgIpc) is 3.43. The molecule has 6 atom stereocenters. The first-order valence-corrected chi connectivity index (χ1v) is 13.4. The topological polar surface area (TPSA) is 193 Å². The molecule has 39 heavy (non-hydrogen) atoms. The number of nitrogens with one attached hydrogen (secondary N) is 1. The number of nitrogens with two attached hydrogens (primary N) is 1. The van der Waals surface area contributed by atoms with Crippen molar-refractivity contribution in [1.82, 2.24) is 24.6 Å². The highest BCUT2D eigenvalue weighted by atomic mass is 31.2. The number of carbonyl (C=O) groups is 1. The van der Waals surface area contributed by atoms with E-state index < -0.39 is 56.5 Å². The maximum absolute atomic E-state index is 13.8. The van der Waals surface area contributed by atoms with Crippen molar-refractivity contribution in [2.24, 2.45) is 0 Å². The maximum atomic E-state index is 13.8. The molecule has 1 fully saturated rings. The van der Waals surface area contributed by atoms with Crippen molar-refractivity contribution in [2.75, 3.05) is 12.3 Å². The second kappa shape index (κ2) is 11.3. The molecule has 1 unspecified atom stereocenters. The Morgan fingerprint density at radius 1 is 1.28 bits per heavy atom. The summed E-state index contributed by atoms with van der Waals surface area (Å²) in [5.41, 5.74) is 4.33. The molecule has 2 aromatic heterocycles. The first-order chi connectivity index (χ1) is 18.5. The van der Waals surface area contributed by atoms with Crippen LogP contribution in [0.2, 0.25) is 0 Å². The molecule has 3 aromatic rings. The van der Waals surface area contributed by atoms with Crippen molar-refractivity contribution >= 4 is 30.7 Å². The molecule has 0 aliphatic carbocycles. The fourth-order valence-corrected chi connectivity index (χ4v) is 5.38. The summed E-state index contributed by atoms with van der Waals surface area (Å²) in [5, 5.41) is 24.3. The van der Waals surface area contributed by atoms with Crippen molar-refractivity contribution < 1.29 is 38.1 Å². The molecule has 1 aromatic carbocycles. The molecule has 5 N–H and O–H groups in total. The van der Waals surface area contributed by atoms with Crippen LogP contribution in [0.25, 0.3) is 11.2 Å². The van der Waals surface area contributed by atoms with Gasteiger partial charge in [-0.15, -0.1) is 6.42 Å². The predicted octanol–water partition coefficient (Wildman–Crippen LogP) is 1.16. The minimum absolute atomic E-state index is 0.105. The van der Waals surface area contributed by atoms with E-state index in [4.69, 9.17) is 30.7 Å². The van der Waals surface area contributed by atoms with Crippen molar-refractivity contribution in [3.05, 3.63) is 43.0 Å². The van der Waals surface area contributed by atoms with Crippen LogP contribution in [0.4, 0.5) is 5.82 Å². The van der Waals surface area contributed by atoms with Crippen LogP contribution in [0.3, 0.4) is 0 Å². The van der Waals surface area contributed by atoms with E-state index in [0.29, 0.717) is 0 Å². The Bertz CT molecular complexity index is 1410. The summed E-state index contributed by atoms with van der Waals surface area (Å²) >= 11 is 0. The first-order valence-electron chi connectivity index (χ1n) is 11.9. The van der Waals surface area contributed by atoms with Gasteiger partial charge in [0.05, 0.1) is 12.4 Å². The zero-order valence-corrected chi connectivity index (χ0v) is 22.3. The van der Waals surface area contributed by atoms with Gasteiger partial charge in [-0.1, -0.05) is 24.1 Å². The van der Waals surface area contributed by atoms with Crippen LogP contribution < -0.4 is 15.3 Å². The second-order valence-corrected chi connectivity index (χ2v) is 10.8. The third-order valence-corrected chi connectivity index (χ3v) is 7.43. The maximum Gasteiger partial charge on any atom is 0.459 e. The van der Waals surface area contributed by atoms with Crippen molar-refractivity contribution in [3.8, 4) is 18.1 Å². The highest BCUT2D eigenvalue weighted by molar-refractivity contribution is 7.52. The quantitative estimate of drug-likeness (QED) is 0.157. The molecule has 0 bridgehead atoms. The SMILES string of the molecule is C#C[C@]1(CO[P@@](=O)(N[C@@H](C)C(=O)OC(C)C)Oc2ccccc2)O[C@@H](n2cnc3c(N)ncnc32)[C@@H](O)C1O. The Hall–Kier alpha value is -3.57. The third kappa shape index (κ3) is 5.89. The zero-order valence-electron chi connectivity index (χ0n) is 21.4. The number of ether oxygens (including phenoxy) is 2. The molecule has 0 spiro atoms. The fourth-order valence-electron chi connectivity index (χ4n) is 3.86. The number of aliphatic hydroxyl groups excluding tert-OH is 2. The fraction of sp³-hybridized carbons (Fsp3) is 0.417. The molecule has 0 amide bonds. The lowest BCUT2D eigenvalue weighted by atomic mass is 9.97. The number of hydrogen-bond acceptors (Lipinski definition) is 12. The summed E-state index contributed by atoms with van der Waals surface area (Å²) < 4.78 is 37.5. The molecule has 14 nitrogen and oxygen atoms in total. The molecular formula is C24H29N6O8P. The summed E-state index contributed by atoms with van der Waals surface area (Å²) in [5.74, 6) is 1.88. The van der Waals surface area contributed by atoms with Crippen molar-refractivity contribution in [3.63, 3.8) is 0 Å². The molecule has 0 radical (unpaired) electrons. The molecular weight excluding hydrogens is 531 g/mol. The predicted molar refractivity (Wildman–Crippen MR) is 138 cm³/mol. The van der Waals surface area contributed by atoms with Gasteiger partial charge in [0, 0.05) is 0 Å². The zero-order chi connectivity index (χ0) is 28.4. The number of rotatable bonds is 10. The van der Waals surface area contributed by atoms with Gasteiger partial charge < -0.3 is 29.9 Å². The van der Waals surface area contributed by atoms with E-state index in [9.17, 15) is 19.6 Å². The summed E-state index contributed by atoms with van der Waals surface area (Å²) in [6.07, 6.45) is 3.31. The number of benzene rings is 1. The lowest BCUT2D eigenvalue weighted by Gasteiger charge is -2.29. The highest BCUT2D eigenvalue weighted by Gasteiger charge is 2.56. The number of esters is 1. The van der Waals surface area contributed by atoms with E-state index in [0.717, 1.165) is 0 Å². The number of fused-ring (bicyclic) bond motifs is 1. The van der Waals surface area contributed by atoms with Crippen molar-refractivity contribution in [2.45, 2.75) is 57.0 Å². The van der Waals surface area contributed by atoms with Gasteiger partial charge in [-0.25, -0.2) is 19.5 Å². The van der Waals surface area contributed by atoms with Crippen LogP contribution in [0.15, 0.2) is 43.0 Å². The first kappa shape index (κ1) is 28.4. The number of aliphatic hydroxyl groups is 2. The number of terminal acetylenes is 1. The van der Waals surface area contributed by atoms with Gasteiger partial charge in [0.15, 0.2) is 23.3 Å². The summed E-state index contributed by atoms with van der Waals surface area (Å²) in [4.78, 5) is 24.5. The van der Waals surface area contributed by atoms with E-state index >= 15 is 0 Å². The van der Waals surface area contributed by atoms with Crippen LogP contribution in [0, 0.1) is 12.3 Å². The molecule has 1 saturated heterocycles. The summed E-state index contributed by atoms with van der Waals surface area (Å²) in [6.45, 7) is 4.06. The third-order valence-electron chi connectivity index (χ3n) is 5.80. The van der Waals surface area contributed by atoms with Gasteiger partial charge in [-0.2, -0.15) is 5.09 Å². The van der Waals surface area contributed by atoms with Crippen LogP contribution in [0.1, 0.15) is 27.0 Å². The Balaban J connectivity index is 1.59. The molecule has 208 valence electrons. The molecule has 1 aliphatic heterocycles. The molecule has 1 aliphatic rings. The summed E-state index contributed by atoms with van der Waals surface area (Å²) in [6, 6.07) is 6.98. The minimum Gasteiger partial charge on any atom is -0.462 e. The smallest absolute Gasteiger partial charge is 0.459 e. The van der Waals surface area contributed by atoms with E-state index in [-0.39, 0.29) is 22.7 Å². The van der Waals surface area contributed by atoms with Gasteiger partial charge in [0.2, 0.25) is 0 Å². The Morgan fingerprint density at radius 3 is 2.67 bits per heavy atom. The minimum atomic E-state index is -4.35. The molecule has 15 heteroatoms. The van der Waals surface area contributed by atoms with Crippen LogP contribution in [0.5, 0.6) is 5.75 Å². The standard InChI is InChI=1S/C24H29N6O8P/c1-5-24(19(32)18(31)22(37-24)30-13-28-17-20(25)26-12-27-21(17)30)11-35-39(34,38-16-9-7-6-8-10-16)29-15(4)23(33)36-14(2)3/h1,6-10,12-15,18-19,22,31-32H,11H2,2-4H3,(H,29,34)(H2,25,26,27)/t15-,18-,19?,22+,24+,39-/m0/s1.